The van der Waals surface area contributed by atoms with Crippen molar-refractivity contribution in [2.75, 3.05) is 14.2 Å². The first kappa shape index (κ1) is 22.7. The van der Waals surface area contributed by atoms with Gasteiger partial charge < -0.3 is 14.4 Å². The zero-order valence-electron chi connectivity index (χ0n) is 19.5. The lowest BCUT2D eigenvalue weighted by atomic mass is 9.71. The molecule has 2 aromatic rings. The van der Waals surface area contributed by atoms with Gasteiger partial charge >= 0.3 is 0 Å². The molecule has 5 rings (SSSR count). The predicted octanol–water partition coefficient (Wildman–Crippen LogP) is 5.97. The van der Waals surface area contributed by atoms with Crippen molar-refractivity contribution in [3.05, 3.63) is 81.2 Å². The smallest absolute Gasteiger partial charge is 0.179 e. The summed E-state index contributed by atoms with van der Waals surface area (Å²) in [6.45, 7) is 0.651. The number of carbonyl (C=O) groups is 2. The molecule has 3 aliphatic rings. The average molecular weight is 478 g/mol. The fraction of sp³-hybridized carbons (Fsp3) is 0.357. The van der Waals surface area contributed by atoms with E-state index in [1.54, 1.807) is 14.2 Å². The average Bonchev–Trinajstić information content (AvgIpc) is 2.85. The highest BCUT2D eigenvalue weighted by molar-refractivity contribution is 6.32. The van der Waals surface area contributed by atoms with Crippen molar-refractivity contribution < 1.29 is 19.1 Å². The van der Waals surface area contributed by atoms with Gasteiger partial charge in [0.15, 0.2) is 23.1 Å². The van der Waals surface area contributed by atoms with E-state index in [0.29, 0.717) is 35.9 Å². The summed E-state index contributed by atoms with van der Waals surface area (Å²) in [6.07, 6.45) is 4.25. The maximum atomic E-state index is 13.4. The van der Waals surface area contributed by atoms with Crippen molar-refractivity contribution in [3.8, 4) is 11.5 Å². The van der Waals surface area contributed by atoms with Crippen LogP contribution in [0.15, 0.2) is 65.0 Å². The highest BCUT2D eigenvalue weighted by atomic mass is 35.5. The Labute approximate surface area is 205 Å². The van der Waals surface area contributed by atoms with E-state index in [1.807, 2.05) is 30.3 Å². The molecule has 0 bridgehead atoms. The fourth-order valence-corrected chi connectivity index (χ4v) is 5.91. The number of benzene rings is 2. The highest BCUT2D eigenvalue weighted by Crippen LogP contribution is 2.51. The first-order valence-electron chi connectivity index (χ1n) is 11.8. The van der Waals surface area contributed by atoms with E-state index in [0.717, 1.165) is 59.4 Å². The molecular formula is C28H28ClNO4. The number of methoxy groups -OCH3 is 2. The van der Waals surface area contributed by atoms with Gasteiger partial charge in [-0.05, 0) is 48.9 Å². The number of rotatable bonds is 5. The number of ether oxygens (including phenoxy) is 2. The summed E-state index contributed by atoms with van der Waals surface area (Å²) >= 11 is 6.57. The van der Waals surface area contributed by atoms with Crippen LogP contribution in [0.1, 0.15) is 55.6 Å². The van der Waals surface area contributed by atoms with Crippen LogP contribution < -0.4 is 9.47 Å². The Hall–Kier alpha value is -3.05. The lowest BCUT2D eigenvalue weighted by Crippen LogP contribution is -2.38. The van der Waals surface area contributed by atoms with E-state index in [-0.39, 0.29) is 11.6 Å². The molecule has 1 aliphatic heterocycles. The summed E-state index contributed by atoms with van der Waals surface area (Å²) in [4.78, 5) is 29.2. The molecule has 2 aromatic carbocycles. The van der Waals surface area contributed by atoms with Crippen LogP contribution in [0.3, 0.4) is 0 Å². The summed E-state index contributed by atoms with van der Waals surface area (Å²) in [5.41, 5.74) is 5.52. The number of Topliss-reactive ketones (excluding diaryl/α,β-unsaturated/α-hetero) is 2. The minimum atomic E-state index is -0.435. The summed E-state index contributed by atoms with van der Waals surface area (Å²) in [5, 5.41) is 0.402. The van der Waals surface area contributed by atoms with Crippen molar-refractivity contribution in [1.29, 1.82) is 0 Å². The van der Waals surface area contributed by atoms with Crippen LogP contribution in [0.25, 0.3) is 0 Å². The van der Waals surface area contributed by atoms with Crippen molar-refractivity contribution in [3.63, 3.8) is 0 Å². The maximum absolute atomic E-state index is 13.4. The van der Waals surface area contributed by atoms with Crippen molar-refractivity contribution in [2.45, 2.75) is 51.0 Å². The zero-order valence-corrected chi connectivity index (χ0v) is 20.3. The van der Waals surface area contributed by atoms with Gasteiger partial charge in [-0.25, -0.2) is 0 Å². The largest absolute Gasteiger partial charge is 0.493 e. The molecule has 0 saturated heterocycles. The molecule has 0 atom stereocenters. The van der Waals surface area contributed by atoms with E-state index < -0.39 is 5.92 Å². The molecule has 34 heavy (non-hydrogen) atoms. The van der Waals surface area contributed by atoms with Gasteiger partial charge in [-0.1, -0.05) is 41.9 Å². The van der Waals surface area contributed by atoms with E-state index in [4.69, 9.17) is 21.1 Å². The quantitative estimate of drug-likeness (QED) is 0.531. The van der Waals surface area contributed by atoms with Crippen molar-refractivity contribution in [1.82, 2.24) is 4.90 Å². The van der Waals surface area contributed by atoms with Gasteiger partial charge in [0.05, 0.1) is 19.2 Å². The molecule has 0 aromatic heterocycles. The molecule has 0 radical (unpaired) electrons. The first-order chi connectivity index (χ1) is 16.5. The maximum Gasteiger partial charge on any atom is 0.179 e. The van der Waals surface area contributed by atoms with Gasteiger partial charge in [0.1, 0.15) is 0 Å². The van der Waals surface area contributed by atoms with Crippen LogP contribution in [0.2, 0.25) is 5.02 Å². The van der Waals surface area contributed by atoms with Crippen LogP contribution in [-0.4, -0.2) is 30.7 Å². The molecule has 1 heterocycles. The second-order valence-corrected chi connectivity index (χ2v) is 9.42. The van der Waals surface area contributed by atoms with E-state index >= 15 is 0 Å². The SMILES string of the molecule is COc1cc(C2C3=C(CCCC3=O)N(Cc3ccccc3)C3=C2C(=O)CCC3)cc(Cl)c1OC. The van der Waals surface area contributed by atoms with E-state index in [1.165, 1.54) is 0 Å². The van der Waals surface area contributed by atoms with E-state index in [9.17, 15) is 9.59 Å². The molecule has 0 fully saturated rings. The molecule has 2 aliphatic carbocycles. The zero-order chi connectivity index (χ0) is 23.8. The van der Waals surface area contributed by atoms with Gasteiger partial charge in [0, 0.05) is 47.8 Å². The van der Waals surface area contributed by atoms with Gasteiger partial charge in [-0.3, -0.25) is 9.59 Å². The van der Waals surface area contributed by atoms with Crippen molar-refractivity contribution >= 4 is 23.2 Å². The number of hydrogen-bond acceptors (Lipinski definition) is 5. The van der Waals surface area contributed by atoms with Gasteiger partial charge in [0.2, 0.25) is 0 Å². The number of halogens is 1. The molecule has 5 nitrogen and oxygen atoms in total. The third-order valence-electron chi connectivity index (χ3n) is 7.06. The van der Waals surface area contributed by atoms with Crippen LogP contribution in [0, 0.1) is 0 Å². The molecule has 176 valence electrons. The first-order valence-corrected chi connectivity index (χ1v) is 12.2. The molecular weight excluding hydrogens is 450 g/mol. The fourth-order valence-electron chi connectivity index (χ4n) is 5.61. The second kappa shape index (κ2) is 9.30. The molecule has 0 N–H and O–H groups in total. The highest BCUT2D eigenvalue weighted by Gasteiger charge is 2.43. The normalized spacial score (nSPS) is 18.7. The molecule has 6 heteroatoms. The summed E-state index contributed by atoms with van der Waals surface area (Å²) < 4.78 is 11.0. The molecule has 0 amide bonds. The van der Waals surface area contributed by atoms with Crippen molar-refractivity contribution in [2.24, 2.45) is 0 Å². The van der Waals surface area contributed by atoms with E-state index in [2.05, 4.69) is 17.0 Å². The number of allylic oxidation sites excluding steroid dienone is 4. The van der Waals surface area contributed by atoms with Gasteiger partial charge in [0.25, 0.3) is 0 Å². The van der Waals surface area contributed by atoms with Crippen LogP contribution >= 0.6 is 11.6 Å². The summed E-state index contributed by atoms with van der Waals surface area (Å²) in [7, 11) is 3.11. The lowest BCUT2D eigenvalue weighted by molar-refractivity contribution is -0.117. The Kier molecular flexibility index (Phi) is 6.22. The Morgan fingerprint density at radius 1 is 0.882 bits per heavy atom. The Morgan fingerprint density at radius 2 is 1.50 bits per heavy atom. The summed E-state index contributed by atoms with van der Waals surface area (Å²) in [6, 6.07) is 13.9. The summed E-state index contributed by atoms with van der Waals surface area (Å²) in [5.74, 6) is 0.727. The number of nitrogens with zero attached hydrogens (tertiary/aromatic N) is 1. The Bertz CT molecular complexity index is 1170. The Balaban J connectivity index is 1.73. The van der Waals surface area contributed by atoms with Crippen LogP contribution in [0.5, 0.6) is 11.5 Å². The van der Waals surface area contributed by atoms with Gasteiger partial charge in [-0.15, -0.1) is 0 Å². The number of ketones is 2. The van der Waals surface area contributed by atoms with Crippen LogP contribution in [0.4, 0.5) is 0 Å². The monoisotopic (exact) mass is 477 g/mol. The predicted molar refractivity (Wildman–Crippen MR) is 131 cm³/mol. The second-order valence-electron chi connectivity index (χ2n) is 9.02. The topological polar surface area (TPSA) is 55.8 Å². The molecule has 0 spiro atoms. The minimum absolute atomic E-state index is 0.111. The standard InChI is InChI=1S/C28H28ClNO4/c1-33-24-15-18(14-19(29)28(24)34-2)25-26-20(10-6-12-22(26)31)30(16-17-8-4-3-5-9-17)21-11-7-13-23(32)27(21)25/h3-5,8-9,14-15,25H,6-7,10-13,16H2,1-2H3. The lowest BCUT2D eigenvalue weighted by Gasteiger charge is -2.44. The third-order valence-corrected chi connectivity index (χ3v) is 7.34. The van der Waals surface area contributed by atoms with Crippen LogP contribution in [-0.2, 0) is 16.1 Å². The van der Waals surface area contributed by atoms with Gasteiger partial charge in [-0.2, -0.15) is 0 Å². The third kappa shape index (κ3) is 3.82. The molecule has 0 saturated carbocycles. The number of hydrogen-bond donors (Lipinski definition) is 0. The minimum Gasteiger partial charge on any atom is -0.493 e. The Morgan fingerprint density at radius 3 is 2.06 bits per heavy atom. The number of carbonyl (C=O) groups excluding carboxylic acids is 2. The molecule has 0 unspecified atom stereocenters.